The highest BCUT2D eigenvalue weighted by Gasteiger charge is 2.31. The van der Waals surface area contributed by atoms with Crippen molar-refractivity contribution in [1.82, 2.24) is 19.7 Å². The number of hydrogen-bond acceptors (Lipinski definition) is 5. The predicted molar refractivity (Wildman–Crippen MR) is 79.4 cm³/mol. The SMILES string of the molecule is CCN(CC)C(=O)C(C)Sc1nnc(CN)n1C1CC1. The highest BCUT2D eigenvalue weighted by molar-refractivity contribution is 8.00. The second kappa shape index (κ2) is 6.58. The summed E-state index contributed by atoms with van der Waals surface area (Å²) >= 11 is 1.48. The molecule has 1 aliphatic carbocycles. The summed E-state index contributed by atoms with van der Waals surface area (Å²) in [7, 11) is 0. The van der Waals surface area contributed by atoms with Gasteiger partial charge in [0, 0.05) is 19.1 Å². The minimum Gasteiger partial charge on any atom is -0.342 e. The Morgan fingerprint density at radius 2 is 2.10 bits per heavy atom. The molecule has 1 aromatic rings. The number of thioether (sulfide) groups is 1. The highest BCUT2D eigenvalue weighted by atomic mass is 32.2. The third-order valence-electron chi connectivity index (χ3n) is 3.53. The van der Waals surface area contributed by atoms with E-state index in [0.717, 1.165) is 36.9 Å². The van der Waals surface area contributed by atoms with Crippen LogP contribution >= 0.6 is 11.8 Å². The quantitative estimate of drug-likeness (QED) is 0.770. The van der Waals surface area contributed by atoms with Gasteiger partial charge in [0.1, 0.15) is 5.82 Å². The molecule has 7 heteroatoms. The molecule has 2 N–H and O–H groups in total. The van der Waals surface area contributed by atoms with Crippen LogP contribution in [0.4, 0.5) is 0 Å². The van der Waals surface area contributed by atoms with E-state index in [2.05, 4.69) is 14.8 Å². The third-order valence-corrected chi connectivity index (χ3v) is 4.58. The maximum Gasteiger partial charge on any atom is 0.235 e. The summed E-state index contributed by atoms with van der Waals surface area (Å²) in [6, 6.07) is 0.474. The molecule has 1 aliphatic rings. The van der Waals surface area contributed by atoms with Crippen LogP contribution in [0, 0.1) is 0 Å². The summed E-state index contributed by atoms with van der Waals surface area (Å²) in [5.41, 5.74) is 5.70. The van der Waals surface area contributed by atoms with Crippen LogP contribution in [0.1, 0.15) is 45.5 Å². The van der Waals surface area contributed by atoms with E-state index in [-0.39, 0.29) is 11.2 Å². The fourth-order valence-electron chi connectivity index (χ4n) is 2.23. The summed E-state index contributed by atoms with van der Waals surface area (Å²) < 4.78 is 2.11. The second-order valence-electron chi connectivity index (χ2n) is 4.97. The van der Waals surface area contributed by atoms with Gasteiger partial charge in [-0.2, -0.15) is 0 Å². The molecule has 1 heterocycles. The lowest BCUT2D eigenvalue weighted by molar-refractivity contribution is -0.129. The molecule has 2 rings (SSSR count). The summed E-state index contributed by atoms with van der Waals surface area (Å²) in [5, 5.41) is 9.01. The fourth-order valence-corrected chi connectivity index (χ4v) is 3.25. The molecule has 0 aromatic carbocycles. The predicted octanol–water partition coefficient (Wildman–Crippen LogP) is 1.42. The summed E-state index contributed by atoms with van der Waals surface area (Å²) in [6.45, 7) is 7.80. The van der Waals surface area contributed by atoms with Crippen molar-refractivity contribution in [3.05, 3.63) is 5.82 Å². The number of carbonyl (C=O) groups is 1. The average Bonchev–Trinajstić information content (AvgIpc) is 3.21. The molecule has 1 unspecified atom stereocenters. The van der Waals surface area contributed by atoms with Crippen LogP contribution in [0.2, 0.25) is 0 Å². The minimum absolute atomic E-state index is 0.151. The summed E-state index contributed by atoms with van der Waals surface area (Å²) in [4.78, 5) is 14.2. The molecule has 0 radical (unpaired) electrons. The van der Waals surface area contributed by atoms with E-state index in [1.807, 2.05) is 25.7 Å². The molecule has 0 aliphatic heterocycles. The number of carbonyl (C=O) groups excluding carboxylic acids is 1. The molecule has 112 valence electrons. The zero-order valence-corrected chi connectivity index (χ0v) is 13.2. The zero-order valence-electron chi connectivity index (χ0n) is 12.4. The van der Waals surface area contributed by atoms with E-state index in [1.54, 1.807) is 0 Å². The standard InChI is InChI=1S/C13H23N5OS/c1-4-17(5-2)12(19)9(3)20-13-16-15-11(8-14)18(13)10-6-7-10/h9-10H,4-8,14H2,1-3H3. The van der Waals surface area contributed by atoms with Crippen LogP contribution < -0.4 is 5.73 Å². The molecule has 1 saturated carbocycles. The number of aromatic nitrogens is 3. The summed E-state index contributed by atoms with van der Waals surface area (Å²) in [5.74, 6) is 0.970. The van der Waals surface area contributed by atoms with Crippen molar-refractivity contribution in [1.29, 1.82) is 0 Å². The molecule has 1 amide bonds. The maximum absolute atomic E-state index is 12.3. The number of hydrogen-bond donors (Lipinski definition) is 1. The molecule has 1 atom stereocenters. The van der Waals surface area contributed by atoms with E-state index in [4.69, 9.17) is 5.73 Å². The lowest BCUT2D eigenvalue weighted by Crippen LogP contribution is -2.36. The molecular formula is C13H23N5OS. The molecule has 0 bridgehead atoms. The summed E-state index contributed by atoms with van der Waals surface area (Å²) in [6.07, 6.45) is 2.30. The Balaban J connectivity index is 2.09. The molecule has 6 nitrogen and oxygen atoms in total. The Bertz CT molecular complexity index is 467. The Morgan fingerprint density at radius 3 is 2.60 bits per heavy atom. The number of nitrogens with two attached hydrogens (primary N) is 1. The van der Waals surface area contributed by atoms with Crippen LogP contribution in [-0.2, 0) is 11.3 Å². The van der Waals surface area contributed by atoms with Gasteiger partial charge in [-0.1, -0.05) is 11.8 Å². The van der Waals surface area contributed by atoms with Crippen molar-refractivity contribution in [2.45, 2.75) is 56.6 Å². The van der Waals surface area contributed by atoms with Crippen molar-refractivity contribution in [3.63, 3.8) is 0 Å². The largest absolute Gasteiger partial charge is 0.342 e. The molecule has 1 aromatic heterocycles. The van der Waals surface area contributed by atoms with E-state index < -0.39 is 0 Å². The van der Waals surface area contributed by atoms with E-state index in [0.29, 0.717) is 12.6 Å². The first-order valence-electron chi connectivity index (χ1n) is 7.21. The van der Waals surface area contributed by atoms with Gasteiger partial charge in [0.25, 0.3) is 0 Å². The van der Waals surface area contributed by atoms with Gasteiger partial charge in [-0.15, -0.1) is 10.2 Å². The molecule has 1 fully saturated rings. The maximum atomic E-state index is 12.3. The Hall–Kier alpha value is -1.08. The topological polar surface area (TPSA) is 77.0 Å². The third kappa shape index (κ3) is 3.15. The van der Waals surface area contributed by atoms with Gasteiger partial charge in [0.05, 0.1) is 11.8 Å². The molecule has 0 saturated heterocycles. The van der Waals surface area contributed by atoms with E-state index in [9.17, 15) is 4.79 Å². The van der Waals surface area contributed by atoms with Gasteiger partial charge >= 0.3 is 0 Å². The van der Waals surface area contributed by atoms with E-state index >= 15 is 0 Å². The zero-order chi connectivity index (χ0) is 14.7. The lowest BCUT2D eigenvalue weighted by Gasteiger charge is -2.22. The van der Waals surface area contributed by atoms with Crippen LogP contribution in [-0.4, -0.2) is 43.9 Å². The fraction of sp³-hybridized carbons (Fsp3) is 0.769. The van der Waals surface area contributed by atoms with Gasteiger partial charge in [-0.25, -0.2) is 0 Å². The minimum atomic E-state index is -0.151. The number of nitrogens with zero attached hydrogens (tertiary/aromatic N) is 4. The normalized spacial score (nSPS) is 16.2. The Morgan fingerprint density at radius 1 is 1.45 bits per heavy atom. The first-order chi connectivity index (χ1) is 9.62. The first-order valence-corrected chi connectivity index (χ1v) is 8.09. The lowest BCUT2D eigenvalue weighted by atomic mass is 10.4. The van der Waals surface area contributed by atoms with Gasteiger partial charge < -0.3 is 15.2 Å². The Labute approximate surface area is 124 Å². The second-order valence-corrected chi connectivity index (χ2v) is 6.28. The number of amides is 1. The van der Waals surface area contributed by atoms with Crippen LogP contribution in [0.3, 0.4) is 0 Å². The van der Waals surface area contributed by atoms with Crippen molar-refractivity contribution in [3.8, 4) is 0 Å². The molecule has 20 heavy (non-hydrogen) atoms. The molecular weight excluding hydrogens is 274 g/mol. The van der Waals surface area contributed by atoms with Gasteiger partial charge in [0.15, 0.2) is 5.16 Å². The van der Waals surface area contributed by atoms with Crippen molar-refractivity contribution in [2.75, 3.05) is 13.1 Å². The molecule has 0 spiro atoms. The number of rotatable bonds is 7. The van der Waals surface area contributed by atoms with Crippen molar-refractivity contribution in [2.24, 2.45) is 5.73 Å². The van der Waals surface area contributed by atoms with Crippen LogP contribution in [0.15, 0.2) is 5.16 Å². The monoisotopic (exact) mass is 297 g/mol. The average molecular weight is 297 g/mol. The van der Waals surface area contributed by atoms with Gasteiger partial charge in [0.2, 0.25) is 5.91 Å². The Kier molecular flexibility index (Phi) is 5.04. The van der Waals surface area contributed by atoms with Crippen LogP contribution in [0.25, 0.3) is 0 Å². The van der Waals surface area contributed by atoms with E-state index in [1.165, 1.54) is 11.8 Å². The highest BCUT2D eigenvalue weighted by Crippen LogP contribution is 2.39. The van der Waals surface area contributed by atoms with Gasteiger partial charge in [-0.3, -0.25) is 4.79 Å². The van der Waals surface area contributed by atoms with Crippen molar-refractivity contribution < 1.29 is 4.79 Å². The van der Waals surface area contributed by atoms with Crippen molar-refractivity contribution >= 4 is 17.7 Å². The smallest absolute Gasteiger partial charge is 0.235 e. The van der Waals surface area contributed by atoms with Crippen LogP contribution in [0.5, 0.6) is 0 Å². The first kappa shape index (κ1) is 15.3. The van der Waals surface area contributed by atoms with Gasteiger partial charge in [-0.05, 0) is 33.6 Å².